The minimum Gasteiger partial charge on any atom is -0.381 e. The van der Waals surface area contributed by atoms with E-state index in [1.165, 1.54) is 0 Å². The molecule has 0 aliphatic carbocycles. The lowest BCUT2D eigenvalue weighted by atomic mass is 10.0. The van der Waals surface area contributed by atoms with Crippen LogP contribution in [0, 0.1) is 0 Å². The van der Waals surface area contributed by atoms with E-state index in [0.717, 1.165) is 25.9 Å². The average molecular weight is 199 g/mol. The maximum Gasteiger partial charge on any atom is 0.131 e. The van der Waals surface area contributed by atoms with Crippen LogP contribution in [-0.2, 0) is 9.53 Å². The molecule has 1 rings (SSSR count). The number of Topliss-reactive ketones (excluding diaryl/α,β-unsaturated/α-hetero) is 1. The molecule has 82 valence electrons. The lowest BCUT2D eigenvalue weighted by Gasteiger charge is -2.35. The highest BCUT2D eigenvalue weighted by Crippen LogP contribution is 2.16. The zero-order valence-corrected chi connectivity index (χ0v) is 9.45. The SMILES string of the molecule is COC1CCN(C(C)CC(C)=O)CC1. The van der Waals surface area contributed by atoms with Gasteiger partial charge in [-0.25, -0.2) is 0 Å². The highest BCUT2D eigenvalue weighted by atomic mass is 16.5. The number of methoxy groups -OCH3 is 1. The Hall–Kier alpha value is -0.410. The number of ketones is 1. The van der Waals surface area contributed by atoms with Crippen molar-refractivity contribution in [3.63, 3.8) is 0 Å². The Kier molecular flexibility index (Phi) is 4.55. The first kappa shape index (κ1) is 11.7. The van der Waals surface area contributed by atoms with Gasteiger partial charge in [0.05, 0.1) is 6.10 Å². The first-order valence-electron chi connectivity index (χ1n) is 5.39. The fourth-order valence-electron chi connectivity index (χ4n) is 2.10. The maximum atomic E-state index is 11.0. The molecule has 1 aliphatic heterocycles. The fraction of sp³-hybridized carbons (Fsp3) is 0.909. The van der Waals surface area contributed by atoms with Gasteiger partial charge in [-0.2, -0.15) is 0 Å². The van der Waals surface area contributed by atoms with Crippen molar-refractivity contribution >= 4 is 5.78 Å². The number of rotatable bonds is 4. The molecule has 0 N–H and O–H groups in total. The Bertz CT molecular complexity index is 186. The molecule has 0 amide bonds. The summed E-state index contributed by atoms with van der Waals surface area (Å²) in [4.78, 5) is 13.4. The molecule has 1 atom stereocenters. The van der Waals surface area contributed by atoms with Gasteiger partial charge in [-0.15, -0.1) is 0 Å². The number of carbonyl (C=O) groups is 1. The van der Waals surface area contributed by atoms with E-state index in [-0.39, 0.29) is 5.78 Å². The molecule has 0 aromatic carbocycles. The number of piperidine rings is 1. The van der Waals surface area contributed by atoms with Crippen molar-refractivity contribution in [2.24, 2.45) is 0 Å². The fourth-order valence-corrected chi connectivity index (χ4v) is 2.10. The Morgan fingerprint density at radius 2 is 2.07 bits per heavy atom. The highest BCUT2D eigenvalue weighted by molar-refractivity contribution is 5.76. The number of carbonyl (C=O) groups excluding carboxylic acids is 1. The number of hydrogen-bond donors (Lipinski definition) is 0. The third-order valence-electron chi connectivity index (χ3n) is 3.02. The summed E-state index contributed by atoms with van der Waals surface area (Å²) in [5.41, 5.74) is 0. The van der Waals surface area contributed by atoms with Gasteiger partial charge in [0, 0.05) is 32.7 Å². The largest absolute Gasteiger partial charge is 0.381 e. The Balaban J connectivity index is 2.30. The van der Waals surface area contributed by atoms with Gasteiger partial charge in [0.2, 0.25) is 0 Å². The van der Waals surface area contributed by atoms with Crippen LogP contribution in [0.25, 0.3) is 0 Å². The molecule has 1 heterocycles. The van der Waals surface area contributed by atoms with Gasteiger partial charge in [0.1, 0.15) is 5.78 Å². The van der Waals surface area contributed by atoms with E-state index >= 15 is 0 Å². The third-order valence-corrected chi connectivity index (χ3v) is 3.02. The number of ether oxygens (including phenoxy) is 1. The van der Waals surface area contributed by atoms with Crippen molar-refractivity contribution in [1.29, 1.82) is 0 Å². The summed E-state index contributed by atoms with van der Waals surface area (Å²) in [5.74, 6) is 0.284. The molecule has 0 bridgehead atoms. The van der Waals surface area contributed by atoms with E-state index in [1.54, 1.807) is 14.0 Å². The summed E-state index contributed by atoms with van der Waals surface area (Å²) in [6.45, 7) is 5.92. The zero-order chi connectivity index (χ0) is 10.6. The molecule has 3 heteroatoms. The molecule has 1 fully saturated rings. The number of hydrogen-bond acceptors (Lipinski definition) is 3. The van der Waals surface area contributed by atoms with Crippen LogP contribution >= 0.6 is 0 Å². The summed E-state index contributed by atoms with van der Waals surface area (Å²) in [6, 6.07) is 0.394. The van der Waals surface area contributed by atoms with Crippen molar-refractivity contribution in [2.45, 2.75) is 45.3 Å². The lowest BCUT2D eigenvalue weighted by Crippen LogP contribution is -2.42. The smallest absolute Gasteiger partial charge is 0.131 e. The third kappa shape index (κ3) is 3.39. The predicted octanol–water partition coefficient (Wildman–Crippen LogP) is 1.46. The van der Waals surface area contributed by atoms with Crippen molar-refractivity contribution in [3.8, 4) is 0 Å². The van der Waals surface area contributed by atoms with Gasteiger partial charge in [-0.1, -0.05) is 0 Å². The molecule has 1 aliphatic rings. The molecule has 0 aromatic heterocycles. The average Bonchev–Trinajstić information content (AvgIpc) is 2.17. The topological polar surface area (TPSA) is 29.5 Å². The lowest BCUT2D eigenvalue weighted by molar-refractivity contribution is -0.118. The molecule has 0 spiro atoms. The monoisotopic (exact) mass is 199 g/mol. The standard InChI is InChI=1S/C11H21NO2/c1-9(8-10(2)13)12-6-4-11(14-3)5-7-12/h9,11H,4-8H2,1-3H3. The van der Waals surface area contributed by atoms with Crippen LogP contribution in [0.5, 0.6) is 0 Å². The second-order valence-electron chi connectivity index (χ2n) is 4.23. The normalized spacial score (nSPS) is 22.2. The minimum absolute atomic E-state index is 0.284. The molecule has 1 saturated heterocycles. The van der Waals surface area contributed by atoms with Crippen LogP contribution in [0.4, 0.5) is 0 Å². The zero-order valence-electron chi connectivity index (χ0n) is 9.45. The van der Waals surface area contributed by atoms with Crippen molar-refractivity contribution < 1.29 is 9.53 Å². The molecular weight excluding hydrogens is 178 g/mol. The maximum absolute atomic E-state index is 11.0. The van der Waals surface area contributed by atoms with Gasteiger partial charge in [0.25, 0.3) is 0 Å². The summed E-state index contributed by atoms with van der Waals surface area (Å²) < 4.78 is 5.31. The molecular formula is C11H21NO2. The summed E-state index contributed by atoms with van der Waals surface area (Å²) >= 11 is 0. The quantitative estimate of drug-likeness (QED) is 0.686. The Morgan fingerprint density at radius 3 is 2.50 bits per heavy atom. The second kappa shape index (κ2) is 5.47. The molecule has 14 heavy (non-hydrogen) atoms. The van der Waals surface area contributed by atoms with Gasteiger partial charge in [0.15, 0.2) is 0 Å². The molecule has 0 saturated carbocycles. The van der Waals surface area contributed by atoms with E-state index < -0.39 is 0 Å². The number of likely N-dealkylation sites (tertiary alicyclic amines) is 1. The van der Waals surface area contributed by atoms with Gasteiger partial charge >= 0.3 is 0 Å². The summed E-state index contributed by atoms with van der Waals surface area (Å²) in [5, 5.41) is 0. The summed E-state index contributed by atoms with van der Waals surface area (Å²) in [7, 11) is 1.78. The molecule has 3 nitrogen and oxygen atoms in total. The number of nitrogens with zero attached hydrogens (tertiary/aromatic N) is 1. The Labute approximate surface area is 86.4 Å². The van der Waals surface area contributed by atoms with E-state index in [4.69, 9.17) is 4.74 Å². The Morgan fingerprint density at radius 1 is 1.50 bits per heavy atom. The van der Waals surface area contributed by atoms with Gasteiger partial charge in [-0.3, -0.25) is 4.79 Å². The highest BCUT2D eigenvalue weighted by Gasteiger charge is 2.22. The van der Waals surface area contributed by atoms with Crippen LogP contribution in [-0.4, -0.2) is 43.0 Å². The van der Waals surface area contributed by atoms with E-state index in [2.05, 4.69) is 11.8 Å². The summed E-state index contributed by atoms with van der Waals surface area (Å²) in [6.07, 6.45) is 3.30. The molecule has 0 aromatic rings. The van der Waals surface area contributed by atoms with Crippen molar-refractivity contribution in [1.82, 2.24) is 4.90 Å². The first-order chi connectivity index (χ1) is 6.63. The van der Waals surface area contributed by atoms with E-state index in [1.807, 2.05) is 0 Å². The van der Waals surface area contributed by atoms with Crippen molar-refractivity contribution in [3.05, 3.63) is 0 Å². The van der Waals surface area contributed by atoms with Crippen molar-refractivity contribution in [2.75, 3.05) is 20.2 Å². The molecule has 1 unspecified atom stereocenters. The first-order valence-corrected chi connectivity index (χ1v) is 5.39. The van der Waals surface area contributed by atoms with Crippen LogP contribution in [0.2, 0.25) is 0 Å². The van der Waals surface area contributed by atoms with Crippen LogP contribution < -0.4 is 0 Å². The van der Waals surface area contributed by atoms with Gasteiger partial charge in [-0.05, 0) is 26.7 Å². The van der Waals surface area contributed by atoms with Crippen LogP contribution in [0.15, 0.2) is 0 Å². The van der Waals surface area contributed by atoms with Gasteiger partial charge < -0.3 is 9.64 Å². The van der Waals surface area contributed by atoms with Crippen LogP contribution in [0.1, 0.15) is 33.1 Å². The predicted molar refractivity (Wildman–Crippen MR) is 56.4 cm³/mol. The minimum atomic E-state index is 0.284. The molecule has 0 radical (unpaired) electrons. The van der Waals surface area contributed by atoms with Crippen LogP contribution in [0.3, 0.4) is 0 Å². The second-order valence-corrected chi connectivity index (χ2v) is 4.23. The van der Waals surface area contributed by atoms with E-state index in [9.17, 15) is 4.79 Å². The van der Waals surface area contributed by atoms with E-state index in [0.29, 0.717) is 18.6 Å².